The Balaban J connectivity index is 1.04. The molecule has 2 aliphatic rings. The van der Waals surface area contributed by atoms with Crippen LogP contribution in [0.15, 0.2) is 163 Å². The highest BCUT2D eigenvalue weighted by molar-refractivity contribution is 8.00. The second-order valence-corrected chi connectivity index (χ2v) is 19.0. The molecule has 0 bridgehead atoms. The molecule has 6 aromatic rings. The number of hydrogen-bond donors (Lipinski definition) is 2. The van der Waals surface area contributed by atoms with Crippen molar-refractivity contribution in [1.29, 1.82) is 0 Å². The average Bonchev–Trinajstić information content (AvgIpc) is 3.79. The van der Waals surface area contributed by atoms with Crippen LogP contribution in [0.5, 0.6) is 0 Å². The number of nitrogens with zero attached hydrogens (tertiary/aromatic N) is 2. The number of esters is 2. The number of β-lactam (4-membered cyclic amide) rings is 1. The summed E-state index contributed by atoms with van der Waals surface area (Å²) in [5.41, 5.74) is 1.70. The summed E-state index contributed by atoms with van der Waals surface area (Å²) in [6.07, 6.45) is 0.442. The maximum Gasteiger partial charge on any atom is 0.332 e. The quantitative estimate of drug-likeness (QED) is 0.0362. The highest BCUT2D eigenvalue weighted by Crippen LogP contribution is 2.45. The van der Waals surface area contributed by atoms with Crippen LogP contribution >= 0.6 is 34.7 Å². The number of thiazole rings is 1. The van der Waals surface area contributed by atoms with Gasteiger partial charge < -0.3 is 25.0 Å². The number of nitrogens with one attached hydrogen (secondary N) is 2. The van der Waals surface area contributed by atoms with Gasteiger partial charge in [-0.3, -0.25) is 14.4 Å². The van der Waals surface area contributed by atoms with Crippen molar-refractivity contribution in [3.63, 3.8) is 0 Å². The van der Waals surface area contributed by atoms with E-state index in [1.165, 1.54) is 23.1 Å². The second-order valence-electron chi connectivity index (χ2n) is 16.7. The lowest BCUT2D eigenvalue weighted by molar-refractivity contribution is -0.164. The smallest absolute Gasteiger partial charge is 0.332 e. The molecule has 0 radical (unpaired) electrons. The summed E-state index contributed by atoms with van der Waals surface area (Å²) in [6.45, 7) is 5.23. The predicted octanol–water partition coefficient (Wildman–Crippen LogP) is 9.23. The van der Waals surface area contributed by atoms with Gasteiger partial charge in [-0.1, -0.05) is 152 Å². The molecule has 2 saturated heterocycles. The Morgan fingerprint density at radius 3 is 1.80 bits per heavy atom. The van der Waals surface area contributed by atoms with Gasteiger partial charge >= 0.3 is 11.9 Å². The van der Waals surface area contributed by atoms with E-state index in [-0.39, 0.29) is 35.4 Å². The van der Waals surface area contributed by atoms with Crippen molar-refractivity contribution in [2.75, 3.05) is 23.5 Å². The van der Waals surface area contributed by atoms with Crippen LogP contribution in [0.4, 0.5) is 5.13 Å². The number of thioether (sulfide) groups is 1. The Morgan fingerprint density at radius 2 is 1.31 bits per heavy atom. The molecule has 13 heteroatoms. The average molecular weight is 912 g/mol. The van der Waals surface area contributed by atoms with E-state index in [9.17, 15) is 19.2 Å². The molecule has 2 aliphatic heterocycles. The number of aromatic nitrogens is 1. The van der Waals surface area contributed by atoms with Crippen molar-refractivity contribution in [2.45, 2.75) is 49.4 Å². The van der Waals surface area contributed by atoms with Crippen molar-refractivity contribution in [2.24, 2.45) is 5.41 Å². The molecule has 3 atom stereocenters. The molecule has 64 heavy (non-hydrogen) atoms. The van der Waals surface area contributed by atoms with Gasteiger partial charge in [0.25, 0.3) is 5.91 Å². The third-order valence-corrected chi connectivity index (χ3v) is 14.0. The molecule has 1 aromatic heterocycles. The van der Waals surface area contributed by atoms with E-state index in [4.69, 9.17) is 26.1 Å². The van der Waals surface area contributed by atoms with E-state index in [1.54, 1.807) is 31.1 Å². The molecule has 2 N–H and O–H groups in total. The molecule has 8 rings (SSSR count). The molecule has 0 aliphatic carbocycles. The molecular formula is C51H47ClN4O6S2. The van der Waals surface area contributed by atoms with Crippen LogP contribution in [0.3, 0.4) is 0 Å². The van der Waals surface area contributed by atoms with Crippen molar-refractivity contribution >= 4 is 69.2 Å². The van der Waals surface area contributed by atoms with Crippen molar-refractivity contribution in [3.05, 3.63) is 197 Å². The Kier molecular flexibility index (Phi) is 13.1. The first-order valence-electron chi connectivity index (χ1n) is 20.9. The highest BCUT2D eigenvalue weighted by Gasteiger charge is 2.58. The number of carbonyl (C=O) groups is 4. The number of ether oxygens (including phenoxy) is 2. The molecule has 2 unspecified atom stereocenters. The van der Waals surface area contributed by atoms with Gasteiger partial charge in [0, 0.05) is 29.6 Å². The zero-order valence-corrected chi connectivity index (χ0v) is 37.9. The molecule has 0 spiro atoms. The molecule has 3 heterocycles. The first-order chi connectivity index (χ1) is 30.9. The molecule has 5 aromatic carbocycles. The number of anilines is 1. The van der Waals surface area contributed by atoms with Gasteiger partial charge in [0.15, 0.2) is 11.2 Å². The van der Waals surface area contributed by atoms with E-state index in [0.29, 0.717) is 5.13 Å². The molecular weight excluding hydrogens is 864 g/mol. The third kappa shape index (κ3) is 9.22. The Bertz CT molecular complexity index is 2490. The minimum absolute atomic E-state index is 0.0161. The fraction of sp³-hybridized carbons (Fsp3) is 0.235. The minimum atomic E-state index is -1.20. The van der Waals surface area contributed by atoms with E-state index >= 15 is 0 Å². The molecule has 10 nitrogen and oxygen atoms in total. The number of halogens is 1. The van der Waals surface area contributed by atoms with Gasteiger partial charge in [0.2, 0.25) is 5.91 Å². The van der Waals surface area contributed by atoms with Crippen molar-refractivity contribution in [3.8, 4) is 0 Å². The summed E-state index contributed by atoms with van der Waals surface area (Å²) in [7, 11) is 0. The van der Waals surface area contributed by atoms with Crippen molar-refractivity contribution in [1.82, 2.24) is 15.2 Å². The van der Waals surface area contributed by atoms with E-state index in [2.05, 4.69) is 47.0 Å². The number of benzene rings is 5. The van der Waals surface area contributed by atoms with E-state index in [0.717, 1.165) is 33.9 Å². The maximum absolute atomic E-state index is 14.4. The summed E-state index contributed by atoms with van der Waals surface area (Å²) >= 11 is 9.21. The maximum atomic E-state index is 14.4. The standard InChI is InChI=1S/C51H47ClN4O6S2/c1-49(2,3)62-41(57)29-39(40-30-63-48(53-40)55-51(36-23-13-6-14-24-36,37-25-15-7-16-26-37)38-27-17-8-18-28-38)44(58)54-42-45(59)56-32-50(31-52,33-64-46(42)56)47(60)61-43(34-19-9-4-10-20-34)35-21-11-5-12-22-35/h4-30,42-43,46H,31-33H2,1-3H3,(H,53,55)(H,54,58)/t42?,46-,50?/m1/s1. The first-order valence-corrected chi connectivity index (χ1v) is 23.3. The van der Waals surface area contributed by atoms with E-state index in [1.807, 2.05) is 115 Å². The molecule has 0 saturated carbocycles. The highest BCUT2D eigenvalue weighted by atomic mass is 35.5. The van der Waals surface area contributed by atoms with Crippen LogP contribution in [-0.4, -0.2) is 68.8 Å². The Labute approximate surface area is 386 Å². The lowest BCUT2D eigenvalue weighted by atomic mass is 9.77. The number of amides is 2. The molecule has 326 valence electrons. The first kappa shape index (κ1) is 44.4. The third-order valence-electron chi connectivity index (χ3n) is 11.2. The predicted molar refractivity (Wildman–Crippen MR) is 253 cm³/mol. The Morgan fingerprint density at radius 1 is 0.812 bits per heavy atom. The van der Waals surface area contributed by atoms with Crippen LogP contribution in [-0.2, 0) is 34.2 Å². The summed E-state index contributed by atoms with van der Waals surface area (Å²) in [6, 6.07) is 48.1. The van der Waals surface area contributed by atoms with Crippen LogP contribution < -0.4 is 10.6 Å². The summed E-state index contributed by atoms with van der Waals surface area (Å²) in [5.74, 6) is -2.14. The largest absolute Gasteiger partial charge is 0.457 e. The number of hydrogen-bond acceptors (Lipinski definition) is 10. The number of fused-ring (bicyclic) bond motifs is 1. The zero-order chi connectivity index (χ0) is 44.9. The summed E-state index contributed by atoms with van der Waals surface area (Å²) in [4.78, 5) is 62.3. The van der Waals surface area contributed by atoms with Crippen LogP contribution in [0.25, 0.3) is 5.57 Å². The van der Waals surface area contributed by atoms with Crippen LogP contribution in [0, 0.1) is 5.41 Å². The summed E-state index contributed by atoms with van der Waals surface area (Å²) < 4.78 is 11.9. The fourth-order valence-electron chi connectivity index (χ4n) is 8.02. The van der Waals surface area contributed by atoms with Crippen LogP contribution in [0.2, 0.25) is 0 Å². The minimum Gasteiger partial charge on any atom is -0.457 e. The normalized spacial score (nSPS) is 18.7. The SMILES string of the molecule is CC(C)(C)OC(=O)C=C(C(=O)NC1C(=O)N2CC(CCl)(C(=O)OC(c3ccccc3)c3ccccc3)CS[C@H]12)c1csc(NC(c2ccccc2)(c2ccccc2)c2ccccc2)n1. The van der Waals surface area contributed by atoms with Gasteiger partial charge in [0.1, 0.15) is 28.0 Å². The van der Waals surface area contributed by atoms with Gasteiger partial charge in [0.05, 0.1) is 11.3 Å². The molecule has 2 amide bonds. The second kappa shape index (κ2) is 18.9. The molecule has 2 fully saturated rings. The van der Waals surface area contributed by atoms with Crippen LogP contribution in [0.1, 0.15) is 60.4 Å². The van der Waals surface area contributed by atoms with Gasteiger partial charge in [-0.05, 0) is 48.6 Å². The lowest BCUT2D eigenvalue weighted by Gasteiger charge is -2.53. The fourth-order valence-corrected chi connectivity index (χ4v) is 10.7. The monoisotopic (exact) mass is 910 g/mol. The number of carbonyl (C=O) groups excluding carboxylic acids is 4. The zero-order valence-electron chi connectivity index (χ0n) is 35.5. The van der Waals surface area contributed by atoms with Gasteiger partial charge in [-0.15, -0.1) is 34.7 Å². The topological polar surface area (TPSA) is 127 Å². The number of rotatable bonds is 14. The summed E-state index contributed by atoms with van der Waals surface area (Å²) in [5, 5.41) is 8.31. The van der Waals surface area contributed by atoms with Crippen molar-refractivity contribution < 1.29 is 28.7 Å². The number of alkyl halides is 1. The van der Waals surface area contributed by atoms with Gasteiger partial charge in [-0.25, -0.2) is 9.78 Å². The Hall–Kier alpha value is -6.21. The van der Waals surface area contributed by atoms with Gasteiger partial charge in [-0.2, -0.15) is 0 Å². The van der Waals surface area contributed by atoms with E-state index < -0.39 is 51.9 Å². The lowest BCUT2D eigenvalue weighted by Crippen LogP contribution is -2.74.